The molecule has 6 nitrogen and oxygen atoms in total. The summed E-state index contributed by atoms with van der Waals surface area (Å²) in [6, 6.07) is 12.5. The first-order chi connectivity index (χ1) is 12.6. The quantitative estimate of drug-likeness (QED) is 0.569. The highest BCUT2D eigenvalue weighted by Crippen LogP contribution is 2.28. The second-order valence-corrected chi connectivity index (χ2v) is 6.23. The second kappa shape index (κ2) is 6.65. The molecule has 4 rings (SSSR count). The van der Waals surface area contributed by atoms with Crippen LogP contribution < -0.4 is 5.32 Å². The molecule has 1 amide bonds. The summed E-state index contributed by atoms with van der Waals surface area (Å²) >= 11 is 6.08. The van der Waals surface area contributed by atoms with E-state index in [0.29, 0.717) is 45.4 Å². The molecule has 0 spiro atoms. The molecule has 0 saturated heterocycles. The topological polar surface area (TPSA) is 81.2 Å². The lowest BCUT2D eigenvalue weighted by Crippen LogP contribution is -2.12. The minimum atomic E-state index is -0.228. The van der Waals surface area contributed by atoms with Crippen molar-refractivity contribution in [1.29, 1.82) is 0 Å². The number of carbonyl (C=O) groups is 1. The van der Waals surface area contributed by atoms with E-state index in [0.717, 1.165) is 5.56 Å². The SMILES string of the molecule is Cc1noc(Cc2ccc(NC(=O)c3ccc(Cl)c4occc34)cc2)n1. The van der Waals surface area contributed by atoms with Gasteiger partial charge in [0.05, 0.1) is 23.3 Å². The van der Waals surface area contributed by atoms with E-state index in [1.807, 2.05) is 24.3 Å². The summed E-state index contributed by atoms with van der Waals surface area (Å²) in [5, 5.41) is 7.80. The lowest BCUT2D eigenvalue weighted by atomic mass is 10.1. The highest BCUT2D eigenvalue weighted by molar-refractivity contribution is 6.35. The van der Waals surface area contributed by atoms with E-state index in [1.165, 1.54) is 6.26 Å². The molecule has 0 aliphatic carbocycles. The monoisotopic (exact) mass is 367 g/mol. The summed E-state index contributed by atoms with van der Waals surface area (Å²) < 4.78 is 10.4. The molecule has 130 valence electrons. The minimum Gasteiger partial charge on any atom is -0.463 e. The van der Waals surface area contributed by atoms with Crippen LogP contribution >= 0.6 is 11.6 Å². The minimum absolute atomic E-state index is 0.228. The number of furan rings is 1. The fourth-order valence-corrected chi connectivity index (χ4v) is 2.93. The first-order valence-corrected chi connectivity index (χ1v) is 8.33. The van der Waals surface area contributed by atoms with E-state index < -0.39 is 0 Å². The first kappa shape index (κ1) is 16.4. The van der Waals surface area contributed by atoms with Crippen molar-refractivity contribution in [3.63, 3.8) is 0 Å². The Bertz CT molecular complexity index is 1080. The van der Waals surface area contributed by atoms with Crippen LogP contribution in [0.2, 0.25) is 5.02 Å². The van der Waals surface area contributed by atoms with Crippen LogP contribution in [0.1, 0.15) is 27.6 Å². The number of aryl methyl sites for hydroxylation is 1. The van der Waals surface area contributed by atoms with Gasteiger partial charge in [-0.25, -0.2) is 0 Å². The van der Waals surface area contributed by atoms with Gasteiger partial charge >= 0.3 is 0 Å². The standard InChI is InChI=1S/C19H14ClN3O3/c1-11-21-17(26-23-11)10-12-2-4-13(5-3-12)22-19(24)15-6-7-16(20)18-14(15)8-9-25-18/h2-9H,10H2,1H3,(H,22,24). The number of hydrogen-bond donors (Lipinski definition) is 1. The molecule has 0 radical (unpaired) electrons. The van der Waals surface area contributed by atoms with E-state index in [2.05, 4.69) is 15.5 Å². The number of carbonyl (C=O) groups excluding carboxylic acids is 1. The van der Waals surface area contributed by atoms with Gasteiger partial charge in [0, 0.05) is 11.1 Å². The normalized spacial score (nSPS) is 11.0. The van der Waals surface area contributed by atoms with Crippen LogP contribution in [-0.2, 0) is 6.42 Å². The molecule has 0 saturated carbocycles. The Kier molecular flexibility index (Phi) is 4.18. The number of amides is 1. The third-order valence-corrected chi connectivity index (χ3v) is 4.25. The predicted octanol–water partition coefficient (Wildman–Crippen LogP) is 4.62. The molecule has 0 unspecified atom stereocenters. The van der Waals surface area contributed by atoms with Crippen molar-refractivity contribution in [2.45, 2.75) is 13.3 Å². The molecule has 26 heavy (non-hydrogen) atoms. The summed E-state index contributed by atoms with van der Waals surface area (Å²) in [7, 11) is 0. The van der Waals surface area contributed by atoms with Crippen molar-refractivity contribution in [2.75, 3.05) is 5.32 Å². The van der Waals surface area contributed by atoms with Crippen LogP contribution in [0.5, 0.6) is 0 Å². The van der Waals surface area contributed by atoms with E-state index in [-0.39, 0.29) is 5.91 Å². The Morgan fingerprint density at radius 1 is 1.15 bits per heavy atom. The van der Waals surface area contributed by atoms with Crippen LogP contribution in [-0.4, -0.2) is 16.0 Å². The third-order valence-electron chi connectivity index (χ3n) is 3.95. The highest BCUT2D eigenvalue weighted by Gasteiger charge is 2.14. The molecule has 4 aromatic rings. The molecule has 1 N–H and O–H groups in total. The Labute approximate surface area is 153 Å². The van der Waals surface area contributed by atoms with Crippen LogP contribution in [0, 0.1) is 6.92 Å². The van der Waals surface area contributed by atoms with E-state index in [9.17, 15) is 4.79 Å². The van der Waals surface area contributed by atoms with E-state index in [4.69, 9.17) is 20.5 Å². The van der Waals surface area contributed by atoms with Crippen molar-refractivity contribution in [3.8, 4) is 0 Å². The molecule has 2 aromatic heterocycles. The number of aromatic nitrogens is 2. The van der Waals surface area contributed by atoms with Gasteiger partial charge in [-0.3, -0.25) is 4.79 Å². The van der Waals surface area contributed by atoms with Gasteiger partial charge in [0.2, 0.25) is 5.89 Å². The molecule has 0 fully saturated rings. The number of hydrogen-bond acceptors (Lipinski definition) is 5. The molecular weight excluding hydrogens is 354 g/mol. The van der Waals surface area contributed by atoms with Crippen LogP contribution in [0.15, 0.2) is 57.7 Å². The summed E-state index contributed by atoms with van der Waals surface area (Å²) in [5.74, 6) is 0.938. The largest absolute Gasteiger partial charge is 0.463 e. The Morgan fingerprint density at radius 3 is 2.69 bits per heavy atom. The van der Waals surface area contributed by atoms with Gasteiger partial charge in [-0.15, -0.1) is 0 Å². The fourth-order valence-electron chi connectivity index (χ4n) is 2.72. The van der Waals surface area contributed by atoms with Crippen LogP contribution in [0.3, 0.4) is 0 Å². The fraction of sp³-hybridized carbons (Fsp3) is 0.105. The van der Waals surface area contributed by atoms with Gasteiger partial charge in [0.1, 0.15) is 0 Å². The summed E-state index contributed by atoms with van der Waals surface area (Å²) in [6.07, 6.45) is 2.06. The van der Waals surface area contributed by atoms with Crippen molar-refractivity contribution in [2.24, 2.45) is 0 Å². The molecule has 2 heterocycles. The van der Waals surface area contributed by atoms with Crippen molar-refractivity contribution < 1.29 is 13.7 Å². The maximum Gasteiger partial charge on any atom is 0.256 e. The average Bonchev–Trinajstić information content (AvgIpc) is 3.26. The van der Waals surface area contributed by atoms with Crippen LogP contribution in [0.25, 0.3) is 11.0 Å². The zero-order chi connectivity index (χ0) is 18.1. The average molecular weight is 368 g/mol. The third kappa shape index (κ3) is 3.19. The zero-order valence-electron chi connectivity index (χ0n) is 13.8. The lowest BCUT2D eigenvalue weighted by Gasteiger charge is -2.07. The number of rotatable bonds is 4. The number of halogens is 1. The molecule has 0 atom stereocenters. The van der Waals surface area contributed by atoms with Crippen LogP contribution in [0.4, 0.5) is 5.69 Å². The number of nitrogens with zero attached hydrogens (tertiary/aromatic N) is 2. The van der Waals surface area contributed by atoms with Crippen molar-refractivity contribution in [3.05, 3.63) is 76.6 Å². The summed E-state index contributed by atoms with van der Waals surface area (Å²) in [5.41, 5.74) is 2.70. The Hall–Kier alpha value is -3.12. The van der Waals surface area contributed by atoms with Gasteiger partial charge in [-0.05, 0) is 42.8 Å². The second-order valence-electron chi connectivity index (χ2n) is 5.82. The van der Waals surface area contributed by atoms with Gasteiger partial charge in [-0.2, -0.15) is 4.98 Å². The van der Waals surface area contributed by atoms with Crippen molar-refractivity contribution >= 4 is 34.2 Å². The van der Waals surface area contributed by atoms with Crippen molar-refractivity contribution in [1.82, 2.24) is 10.1 Å². The number of anilines is 1. The van der Waals surface area contributed by atoms with E-state index in [1.54, 1.807) is 25.1 Å². The molecule has 0 aliphatic rings. The Morgan fingerprint density at radius 2 is 1.96 bits per heavy atom. The van der Waals surface area contributed by atoms with Gasteiger partial charge in [-0.1, -0.05) is 28.9 Å². The number of benzene rings is 2. The smallest absolute Gasteiger partial charge is 0.256 e. The van der Waals surface area contributed by atoms with Gasteiger partial charge < -0.3 is 14.3 Å². The maximum absolute atomic E-state index is 12.6. The Balaban J connectivity index is 1.50. The zero-order valence-corrected chi connectivity index (χ0v) is 14.6. The molecular formula is C19H14ClN3O3. The van der Waals surface area contributed by atoms with Gasteiger partial charge in [0.15, 0.2) is 11.4 Å². The van der Waals surface area contributed by atoms with E-state index >= 15 is 0 Å². The molecule has 2 aromatic carbocycles. The number of fused-ring (bicyclic) bond motifs is 1. The molecule has 0 aliphatic heterocycles. The predicted molar refractivity (Wildman–Crippen MR) is 97.5 cm³/mol. The highest BCUT2D eigenvalue weighted by atomic mass is 35.5. The van der Waals surface area contributed by atoms with Gasteiger partial charge in [0.25, 0.3) is 5.91 Å². The molecule has 0 bridgehead atoms. The number of nitrogens with one attached hydrogen (secondary N) is 1. The summed E-state index contributed by atoms with van der Waals surface area (Å²) in [4.78, 5) is 16.8. The maximum atomic E-state index is 12.6. The molecule has 7 heteroatoms. The summed E-state index contributed by atoms with van der Waals surface area (Å²) in [6.45, 7) is 1.78. The lowest BCUT2D eigenvalue weighted by molar-refractivity contribution is 0.102. The first-order valence-electron chi connectivity index (χ1n) is 7.95.